The maximum Gasteiger partial charge on any atom is 0.191 e. The Morgan fingerprint density at radius 3 is 2.62 bits per heavy atom. The van der Waals surface area contributed by atoms with E-state index in [1.807, 2.05) is 30.0 Å². The van der Waals surface area contributed by atoms with Crippen LogP contribution in [0.5, 0.6) is 0 Å². The van der Waals surface area contributed by atoms with Crippen LogP contribution in [0, 0.1) is 5.41 Å². The van der Waals surface area contributed by atoms with Crippen LogP contribution in [0.15, 0.2) is 63.0 Å². The van der Waals surface area contributed by atoms with Crippen molar-refractivity contribution in [2.45, 2.75) is 30.6 Å². The summed E-state index contributed by atoms with van der Waals surface area (Å²) in [6.07, 6.45) is 6.17. The molecule has 0 atom stereocenters. The van der Waals surface area contributed by atoms with E-state index in [-0.39, 0.29) is 24.0 Å². The summed E-state index contributed by atoms with van der Waals surface area (Å²) < 4.78 is 10.7. The number of aliphatic imine (C=N–C) groups is 1. The Balaban J connectivity index is 0.00000300. The molecule has 0 saturated heterocycles. The van der Waals surface area contributed by atoms with Crippen LogP contribution in [0.2, 0.25) is 0 Å². The molecule has 3 rings (SSSR count). The van der Waals surface area contributed by atoms with Gasteiger partial charge in [-0.25, -0.2) is 0 Å². The van der Waals surface area contributed by atoms with Crippen LogP contribution < -0.4 is 10.6 Å². The number of rotatable bonds is 12. The predicted octanol–water partition coefficient (Wildman–Crippen LogP) is 4.58. The van der Waals surface area contributed by atoms with Crippen LogP contribution in [-0.2, 0) is 11.2 Å². The van der Waals surface area contributed by atoms with Crippen molar-refractivity contribution in [3.05, 3.63) is 54.5 Å². The molecular weight excluding hydrogens is 497 g/mol. The number of hydrogen-bond acceptors (Lipinski definition) is 4. The lowest BCUT2D eigenvalue weighted by atomic mass is 10.0. The van der Waals surface area contributed by atoms with Gasteiger partial charge in [0.2, 0.25) is 0 Å². The summed E-state index contributed by atoms with van der Waals surface area (Å²) in [5.74, 6) is 2.88. The third kappa shape index (κ3) is 9.00. The number of hydrogen-bond donors (Lipinski definition) is 2. The predicted molar refractivity (Wildman–Crippen MR) is 131 cm³/mol. The Kier molecular flexibility index (Phi) is 10.9. The molecule has 1 aliphatic rings. The van der Waals surface area contributed by atoms with Gasteiger partial charge in [0.1, 0.15) is 5.76 Å². The van der Waals surface area contributed by atoms with Gasteiger partial charge in [0.25, 0.3) is 0 Å². The summed E-state index contributed by atoms with van der Waals surface area (Å²) in [5.41, 5.74) is 0.352. The van der Waals surface area contributed by atoms with Crippen molar-refractivity contribution in [1.82, 2.24) is 10.6 Å². The van der Waals surface area contributed by atoms with E-state index in [0.29, 0.717) is 5.41 Å². The molecule has 0 radical (unpaired) electrons. The maximum absolute atomic E-state index is 5.41. The first-order valence-corrected chi connectivity index (χ1v) is 11.0. The van der Waals surface area contributed by atoms with Crippen molar-refractivity contribution in [3.63, 3.8) is 0 Å². The zero-order valence-corrected chi connectivity index (χ0v) is 20.2. The van der Waals surface area contributed by atoms with Crippen LogP contribution in [0.1, 0.15) is 25.0 Å². The number of ether oxygens (including phenoxy) is 1. The summed E-state index contributed by atoms with van der Waals surface area (Å²) in [5, 5.41) is 6.93. The number of nitrogens with one attached hydrogen (secondary N) is 2. The Hall–Kier alpha value is -1.19. The molecule has 5 nitrogen and oxygen atoms in total. The molecule has 1 aromatic carbocycles. The zero-order valence-electron chi connectivity index (χ0n) is 17.1. The highest BCUT2D eigenvalue weighted by Gasteiger charge is 2.41. The number of benzene rings is 1. The monoisotopic (exact) mass is 529 g/mol. The van der Waals surface area contributed by atoms with Gasteiger partial charge < -0.3 is 19.8 Å². The van der Waals surface area contributed by atoms with Gasteiger partial charge in [-0.05, 0) is 48.9 Å². The minimum Gasteiger partial charge on any atom is -0.469 e. The Morgan fingerprint density at radius 2 is 1.93 bits per heavy atom. The second kappa shape index (κ2) is 13.2. The van der Waals surface area contributed by atoms with E-state index in [4.69, 9.17) is 14.1 Å². The quantitative estimate of drug-likeness (QED) is 0.139. The average Bonchev–Trinajstić information content (AvgIpc) is 3.31. The number of nitrogens with zero attached hydrogens (tertiary/aromatic N) is 1. The fraction of sp³-hybridized carbons (Fsp3) is 0.500. The summed E-state index contributed by atoms with van der Waals surface area (Å²) >= 11 is 1.85. The van der Waals surface area contributed by atoms with E-state index in [2.05, 4.69) is 34.9 Å². The van der Waals surface area contributed by atoms with Gasteiger partial charge in [0.15, 0.2) is 5.96 Å². The third-order valence-corrected chi connectivity index (χ3v) is 6.03. The van der Waals surface area contributed by atoms with Crippen molar-refractivity contribution in [1.29, 1.82) is 0 Å². The molecule has 1 aromatic heterocycles. The SMILES string of the molecule is COCCC1(CN=C(NCCSc2ccccc2)NCCc2ccco2)CC1.I. The number of furan rings is 1. The van der Waals surface area contributed by atoms with E-state index < -0.39 is 0 Å². The Bertz CT molecular complexity index is 706. The van der Waals surface area contributed by atoms with Crippen molar-refractivity contribution in [3.8, 4) is 0 Å². The number of halogens is 1. The van der Waals surface area contributed by atoms with Crippen LogP contribution in [0.4, 0.5) is 0 Å². The molecule has 2 N–H and O–H groups in total. The van der Waals surface area contributed by atoms with Crippen molar-refractivity contribution in [2.75, 3.05) is 39.1 Å². The molecule has 0 amide bonds. The molecule has 1 aliphatic carbocycles. The van der Waals surface area contributed by atoms with Gasteiger partial charge in [0, 0.05) is 50.4 Å². The van der Waals surface area contributed by atoms with Crippen molar-refractivity contribution >= 4 is 41.7 Å². The molecular formula is C22H32IN3O2S. The molecule has 7 heteroatoms. The van der Waals surface area contributed by atoms with Crippen LogP contribution >= 0.6 is 35.7 Å². The van der Waals surface area contributed by atoms with Crippen LogP contribution in [0.25, 0.3) is 0 Å². The van der Waals surface area contributed by atoms with Gasteiger partial charge in [-0.1, -0.05) is 18.2 Å². The maximum atomic E-state index is 5.41. The van der Waals surface area contributed by atoms with Crippen LogP contribution in [0.3, 0.4) is 0 Å². The Labute approximate surface area is 195 Å². The first-order chi connectivity index (χ1) is 13.8. The Morgan fingerprint density at radius 1 is 1.14 bits per heavy atom. The summed E-state index contributed by atoms with van der Waals surface area (Å²) in [6.45, 7) is 3.35. The highest BCUT2D eigenvalue weighted by Crippen LogP contribution is 2.48. The highest BCUT2D eigenvalue weighted by atomic mass is 127. The number of guanidine groups is 1. The van der Waals surface area contributed by atoms with Gasteiger partial charge in [-0.3, -0.25) is 4.99 Å². The lowest BCUT2D eigenvalue weighted by molar-refractivity contribution is 0.174. The molecule has 1 fully saturated rings. The molecule has 0 bridgehead atoms. The van der Waals surface area contributed by atoms with E-state index in [1.54, 1.807) is 13.4 Å². The zero-order chi connectivity index (χ0) is 19.5. The minimum atomic E-state index is 0. The van der Waals surface area contributed by atoms with E-state index in [9.17, 15) is 0 Å². The van der Waals surface area contributed by atoms with Gasteiger partial charge in [-0.15, -0.1) is 35.7 Å². The molecule has 0 unspecified atom stereocenters. The lowest BCUT2D eigenvalue weighted by Crippen LogP contribution is -2.40. The van der Waals surface area contributed by atoms with E-state index in [0.717, 1.165) is 56.6 Å². The summed E-state index contributed by atoms with van der Waals surface area (Å²) in [4.78, 5) is 6.17. The molecule has 1 saturated carbocycles. The van der Waals surface area contributed by atoms with Crippen LogP contribution in [-0.4, -0.2) is 45.1 Å². The molecule has 2 aromatic rings. The normalized spacial score (nSPS) is 14.9. The lowest BCUT2D eigenvalue weighted by Gasteiger charge is -2.15. The second-order valence-electron chi connectivity index (χ2n) is 7.25. The first kappa shape index (κ1) is 24.1. The largest absolute Gasteiger partial charge is 0.469 e. The van der Waals surface area contributed by atoms with E-state index in [1.165, 1.54) is 17.7 Å². The fourth-order valence-corrected chi connectivity index (χ4v) is 3.81. The topological polar surface area (TPSA) is 58.8 Å². The molecule has 0 aliphatic heterocycles. The first-order valence-electron chi connectivity index (χ1n) is 10.0. The molecule has 1 heterocycles. The average molecular weight is 529 g/mol. The molecule has 29 heavy (non-hydrogen) atoms. The second-order valence-corrected chi connectivity index (χ2v) is 8.42. The summed E-state index contributed by atoms with van der Waals surface area (Å²) in [6, 6.07) is 14.4. The van der Waals surface area contributed by atoms with Gasteiger partial charge in [0.05, 0.1) is 6.26 Å². The minimum absolute atomic E-state index is 0. The third-order valence-electron chi connectivity index (χ3n) is 5.02. The molecule has 0 spiro atoms. The van der Waals surface area contributed by atoms with Gasteiger partial charge >= 0.3 is 0 Å². The van der Waals surface area contributed by atoms with E-state index >= 15 is 0 Å². The summed E-state index contributed by atoms with van der Waals surface area (Å²) in [7, 11) is 1.77. The van der Waals surface area contributed by atoms with Crippen molar-refractivity contribution in [2.24, 2.45) is 10.4 Å². The van der Waals surface area contributed by atoms with Crippen molar-refractivity contribution < 1.29 is 9.15 Å². The number of methoxy groups -OCH3 is 1. The highest BCUT2D eigenvalue weighted by molar-refractivity contribution is 14.0. The smallest absolute Gasteiger partial charge is 0.191 e. The molecule has 160 valence electrons. The van der Waals surface area contributed by atoms with Gasteiger partial charge in [-0.2, -0.15) is 0 Å². The standard InChI is InChI=1S/C22H31N3O2S.HI/c1-26-16-12-22(10-11-22)18-25-21(23-13-9-19-6-5-15-27-19)24-14-17-28-20-7-3-2-4-8-20;/h2-8,15H,9-14,16-18H2,1H3,(H2,23,24,25);1H. The fourth-order valence-electron chi connectivity index (χ4n) is 3.02. The number of thioether (sulfide) groups is 1.